The number of anilines is 2. The molecule has 26 heavy (non-hydrogen) atoms. The minimum atomic E-state index is -0.472. The topological polar surface area (TPSA) is 84.7 Å². The third-order valence-electron chi connectivity index (χ3n) is 3.96. The number of ether oxygens (including phenoxy) is 1. The zero-order chi connectivity index (χ0) is 18.7. The molecule has 1 heterocycles. The Morgan fingerprint density at radius 1 is 1.15 bits per heavy atom. The molecule has 0 bridgehead atoms. The van der Waals surface area contributed by atoms with Crippen molar-refractivity contribution in [2.45, 2.75) is 0 Å². The van der Waals surface area contributed by atoms with Gasteiger partial charge in [-0.3, -0.25) is 14.9 Å². The highest BCUT2D eigenvalue weighted by atomic mass is 35.5. The molecule has 7 nitrogen and oxygen atoms in total. The van der Waals surface area contributed by atoms with E-state index in [1.165, 1.54) is 18.2 Å². The first kappa shape index (κ1) is 18.4. The summed E-state index contributed by atoms with van der Waals surface area (Å²) in [5.74, 6) is -0.472. The van der Waals surface area contributed by atoms with E-state index in [1.807, 2.05) is 4.90 Å². The Morgan fingerprint density at radius 2 is 1.88 bits per heavy atom. The average Bonchev–Trinajstić information content (AvgIpc) is 2.62. The fourth-order valence-electron chi connectivity index (χ4n) is 2.69. The van der Waals surface area contributed by atoms with Crippen LogP contribution in [0.5, 0.6) is 0 Å². The van der Waals surface area contributed by atoms with Gasteiger partial charge in [-0.1, -0.05) is 23.2 Å². The Bertz CT molecular complexity index is 854. The van der Waals surface area contributed by atoms with Gasteiger partial charge < -0.3 is 15.0 Å². The molecule has 0 unspecified atom stereocenters. The van der Waals surface area contributed by atoms with Gasteiger partial charge in [0.25, 0.3) is 11.6 Å². The van der Waals surface area contributed by atoms with E-state index in [-0.39, 0.29) is 16.3 Å². The van der Waals surface area contributed by atoms with Crippen LogP contribution in [0.25, 0.3) is 0 Å². The largest absolute Gasteiger partial charge is 0.378 e. The van der Waals surface area contributed by atoms with E-state index in [9.17, 15) is 14.9 Å². The van der Waals surface area contributed by atoms with Gasteiger partial charge in [0.2, 0.25) is 0 Å². The molecule has 3 rings (SSSR count). The van der Waals surface area contributed by atoms with Crippen molar-refractivity contribution in [2.75, 3.05) is 36.5 Å². The highest BCUT2D eigenvalue weighted by molar-refractivity contribution is 6.37. The van der Waals surface area contributed by atoms with Crippen LogP contribution in [0.2, 0.25) is 10.0 Å². The van der Waals surface area contributed by atoms with Crippen LogP contribution in [0.1, 0.15) is 10.4 Å². The number of carbonyl (C=O) groups excluding carboxylic acids is 1. The first-order valence-corrected chi connectivity index (χ1v) is 8.59. The molecular formula is C17H15Cl2N3O4. The smallest absolute Gasteiger partial charge is 0.294 e. The predicted molar refractivity (Wildman–Crippen MR) is 101 cm³/mol. The number of hydrogen-bond donors (Lipinski definition) is 1. The minimum absolute atomic E-state index is 0.0769. The maximum absolute atomic E-state index is 12.4. The average molecular weight is 396 g/mol. The van der Waals surface area contributed by atoms with Crippen molar-refractivity contribution < 1.29 is 14.5 Å². The van der Waals surface area contributed by atoms with Crippen LogP contribution < -0.4 is 10.2 Å². The third-order valence-corrected chi connectivity index (χ3v) is 4.51. The standard InChI is InChI=1S/C17H15Cl2N3O4/c18-11-1-3-13(14(19)9-11)17(23)20-12-2-4-15(16(10-12)22(24)25)21-5-7-26-8-6-21/h1-4,9-10H,5-8H2,(H,20,23). The number of nitrogens with one attached hydrogen (secondary N) is 1. The lowest BCUT2D eigenvalue weighted by atomic mass is 10.1. The molecule has 0 radical (unpaired) electrons. The van der Waals surface area contributed by atoms with E-state index in [2.05, 4.69) is 5.32 Å². The van der Waals surface area contributed by atoms with Crippen molar-refractivity contribution in [3.63, 3.8) is 0 Å². The number of rotatable bonds is 4. The van der Waals surface area contributed by atoms with Crippen LogP contribution in [-0.2, 0) is 4.74 Å². The van der Waals surface area contributed by atoms with Gasteiger partial charge in [-0.25, -0.2) is 0 Å². The molecule has 1 fully saturated rings. The van der Waals surface area contributed by atoms with Gasteiger partial charge in [-0.15, -0.1) is 0 Å². The Labute approximate surface area is 159 Å². The van der Waals surface area contributed by atoms with E-state index in [4.69, 9.17) is 27.9 Å². The number of morpholine rings is 1. The van der Waals surface area contributed by atoms with Gasteiger partial charge in [0.05, 0.1) is 28.7 Å². The summed E-state index contributed by atoms with van der Waals surface area (Å²) in [5.41, 5.74) is 0.966. The van der Waals surface area contributed by atoms with Gasteiger partial charge in [0.1, 0.15) is 5.69 Å². The fourth-order valence-corrected chi connectivity index (χ4v) is 3.19. The summed E-state index contributed by atoms with van der Waals surface area (Å²) in [7, 11) is 0. The van der Waals surface area contributed by atoms with Gasteiger partial charge >= 0.3 is 0 Å². The number of benzene rings is 2. The highest BCUT2D eigenvalue weighted by Crippen LogP contribution is 2.32. The molecule has 2 aromatic carbocycles. The molecule has 136 valence electrons. The Morgan fingerprint density at radius 3 is 2.54 bits per heavy atom. The number of nitro groups is 1. The molecule has 1 aliphatic heterocycles. The van der Waals surface area contributed by atoms with Gasteiger partial charge in [0.15, 0.2) is 0 Å². The van der Waals surface area contributed by atoms with E-state index >= 15 is 0 Å². The molecule has 0 saturated carbocycles. The van der Waals surface area contributed by atoms with Crippen LogP contribution in [-0.4, -0.2) is 37.1 Å². The number of nitrogens with zero attached hydrogens (tertiary/aromatic N) is 2. The van der Waals surface area contributed by atoms with Crippen molar-refractivity contribution in [3.8, 4) is 0 Å². The number of carbonyl (C=O) groups is 1. The lowest BCUT2D eigenvalue weighted by molar-refractivity contribution is -0.384. The molecule has 1 amide bonds. The van der Waals surface area contributed by atoms with Crippen LogP contribution in [0, 0.1) is 10.1 Å². The molecule has 0 aromatic heterocycles. The number of amides is 1. The number of halogens is 2. The van der Waals surface area contributed by atoms with Crippen molar-refractivity contribution in [1.29, 1.82) is 0 Å². The molecule has 1 aliphatic rings. The molecule has 2 aromatic rings. The minimum Gasteiger partial charge on any atom is -0.378 e. The van der Waals surface area contributed by atoms with E-state index in [0.29, 0.717) is 42.7 Å². The number of nitro benzene ring substituents is 1. The van der Waals surface area contributed by atoms with Crippen molar-refractivity contribution >= 4 is 46.2 Å². The molecule has 9 heteroatoms. The molecular weight excluding hydrogens is 381 g/mol. The summed E-state index contributed by atoms with van der Waals surface area (Å²) in [6.07, 6.45) is 0. The van der Waals surface area contributed by atoms with Crippen molar-refractivity contribution in [2.24, 2.45) is 0 Å². The third kappa shape index (κ3) is 4.07. The molecule has 0 spiro atoms. The Balaban J connectivity index is 1.85. The summed E-state index contributed by atoms with van der Waals surface area (Å²) >= 11 is 11.9. The Kier molecular flexibility index (Phi) is 5.61. The zero-order valence-electron chi connectivity index (χ0n) is 13.6. The molecule has 1 saturated heterocycles. The summed E-state index contributed by atoms with van der Waals surface area (Å²) < 4.78 is 5.28. The summed E-state index contributed by atoms with van der Waals surface area (Å²) in [5, 5.41) is 14.7. The lowest BCUT2D eigenvalue weighted by Gasteiger charge is -2.28. The fraction of sp³-hybridized carbons (Fsp3) is 0.235. The van der Waals surface area contributed by atoms with Crippen molar-refractivity contribution in [3.05, 3.63) is 62.1 Å². The number of hydrogen-bond acceptors (Lipinski definition) is 5. The first-order chi connectivity index (χ1) is 12.5. The molecule has 0 atom stereocenters. The zero-order valence-corrected chi connectivity index (χ0v) is 15.1. The first-order valence-electron chi connectivity index (χ1n) is 7.83. The van der Waals surface area contributed by atoms with Crippen LogP contribution >= 0.6 is 23.2 Å². The predicted octanol–water partition coefficient (Wildman–Crippen LogP) is 3.99. The summed E-state index contributed by atoms with van der Waals surface area (Å²) in [6, 6.07) is 9.10. The second kappa shape index (κ2) is 7.90. The molecule has 1 N–H and O–H groups in total. The van der Waals surface area contributed by atoms with E-state index in [0.717, 1.165) is 0 Å². The highest BCUT2D eigenvalue weighted by Gasteiger charge is 2.22. The van der Waals surface area contributed by atoms with Gasteiger partial charge in [-0.2, -0.15) is 0 Å². The maximum atomic E-state index is 12.4. The summed E-state index contributed by atoms with van der Waals surface area (Å²) in [6.45, 7) is 2.19. The van der Waals surface area contributed by atoms with Crippen molar-refractivity contribution in [1.82, 2.24) is 0 Å². The molecule has 0 aliphatic carbocycles. The van der Waals surface area contributed by atoms with E-state index < -0.39 is 10.8 Å². The van der Waals surface area contributed by atoms with Crippen LogP contribution in [0.15, 0.2) is 36.4 Å². The van der Waals surface area contributed by atoms with E-state index in [1.54, 1.807) is 18.2 Å². The second-order valence-corrected chi connectivity index (χ2v) is 6.48. The van der Waals surface area contributed by atoms with Gasteiger partial charge in [-0.05, 0) is 30.3 Å². The SMILES string of the molecule is O=C(Nc1ccc(N2CCOCC2)c([N+](=O)[O-])c1)c1ccc(Cl)cc1Cl. The lowest BCUT2D eigenvalue weighted by Crippen LogP contribution is -2.36. The maximum Gasteiger partial charge on any atom is 0.294 e. The quantitative estimate of drug-likeness (QED) is 0.624. The van der Waals surface area contributed by atoms with Gasteiger partial charge in [0, 0.05) is 29.9 Å². The summed E-state index contributed by atoms with van der Waals surface area (Å²) in [4.78, 5) is 25.3. The van der Waals surface area contributed by atoms with Crippen LogP contribution in [0.3, 0.4) is 0 Å². The second-order valence-electron chi connectivity index (χ2n) is 5.64. The van der Waals surface area contributed by atoms with Crippen LogP contribution in [0.4, 0.5) is 17.1 Å². The normalized spacial score (nSPS) is 14.2. The Hall–Kier alpha value is -2.35. The monoisotopic (exact) mass is 395 g/mol.